The molecule has 0 bridgehead atoms. The molecule has 2 N–H and O–H groups in total. The van der Waals surface area contributed by atoms with Gasteiger partial charge in [-0.15, -0.1) is 0 Å². The predicted octanol–water partition coefficient (Wildman–Crippen LogP) is 2.05. The van der Waals surface area contributed by atoms with Crippen LogP contribution in [0.5, 0.6) is 11.5 Å². The van der Waals surface area contributed by atoms with E-state index in [1.54, 1.807) is 0 Å². The van der Waals surface area contributed by atoms with Crippen LogP contribution in [0.15, 0.2) is 12.1 Å². The SMILES string of the molecule is COc1c(F)ccc(C2(C(=O)O)CCC2)c1O. The van der Waals surface area contributed by atoms with Crippen LogP contribution in [0, 0.1) is 5.82 Å². The number of aromatic hydroxyl groups is 1. The molecule has 1 fully saturated rings. The largest absolute Gasteiger partial charge is 0.504 e. The average molecular weight is 240 g/mol. The number of halogens is 1. The minimum absolute atomic E-state index is 0.231. The van der Waals surface area contributed by atoms with Crippen LogP contribution in [0.4, 0.5) is 4.39 Å². The third-order valence-corrected chi connectivity index (χ3v) is 3.42. The molecular weight excluding hydrogens is 227 g/mol. The van der Waals surface area contributed by atoms with Gasteiger partial charge in [0.05, 0.1) is 12.5 Å². The van der Waals surface area contributed by atoms with Crippen molar-refractivity contribution in [1.82, 2.24) is 0 Å². The first-order valence-corrected chi connectivity index (χ1v) is 5.32. The van der Waals surface area contributed by atoms with Crippen LogP contribution >= 0.6 is 0 Å². The molecule has 1 aliphatic rings. The number of carbonyl (C=O) groups is 1. The number of ether oxygens (including phenoxy) is 1. The summed E-state index contributed by atoms with van der Waals surface area (Å²) in [4.78, 5) is 11.3. The Morgan fingerprint density at radius 3 is 2.53 bits per heavy atom. The van der Waals surface area contributed by atoms with Gasteiger partial charge in [-0.05, 0) is 18.9 Å². The number of phenolic OH excluding ortho intramolecular Hbond substituents is 1. The summed E-state index contributed by atoms with van der Waals surface area (Å²) in [5.41, 5.74) is -0.861. The van der Waals surface area contributed by atoms with E-state index in [2.05, 4.69) is 0 Å². The Morgan fingerprint density at radius 2 is 2.12 bits per heavy atom. The summed E-state index contributed by atoms with van der Waals surface area (Å²) in [7, 11) is 1.23. The average Bonchev–Trinajstić information content (AvgIpc) is 2.20. The van der Waals surface area contributed by atoms with Gasteiger partial charge in [-0.1, -0.05) is 12.5 Å². The monoisotopic (exact) mass is 240 g/mol. The van der Waals surface area contributed by atoms with E-state index in [0.29, 0.717) is 12.8 Å². The van der Waals surface area contributed by atoms with Crippen LogP contribution in [0.2, 0.25) is 0 Å². The number of carboxylic acid groups (broad SMARTS) is 1. The minimum Gasteiger partial charge on any atom is -0.504 e. The molecule has 0 atom stereocenters. The van der Waals surface area contributed by atoms with E-state index in [4.69, 9.17) is 4.74 Å². The van der Waals surface area contributed by atoms with E-state index < -0.39 is 23.0 Å². The van der Waals surface area contributed by atoms with Crippen molar-refractivity contribution in [3.63, 3.8) is 0 Å². The summed E-state index contributed by atoms with van der Waals surface area (Å²) in [6.07, 6.45) is 1.68. The van der Waals surface area contributed by atoms with Crippen molar-refractivity contribution in [3.05, 3.63) is 23.5 Å². The number of aliphatic carboxylic acids is 1. The zero-order valence-corrected chi connectivity index (χ0v) is 9.36. The molecule has 1 aliphatic carbocycles. The lowest BCUT2D eigenvalue weighted by molar-refractivity contribution is -0.147. The Labute approximate surface area is 97.6 Å². The Hall–Kier alpha value is -1.78. The lowest BCUT2D eigenvalue weighted by Gasteiger charge is -2.38. The second-order valence-electron chi connectivity index (χ2n) is 4.22. The first kappa shape index (κ1) is 11.7. The first-order chi connectivity index (χ1) is 8.03. The number of carboxylic acids is 1. The van der Waals surface area contributed by atoms with Crippen molar-refractivity contribution < 1.29 is 24.1 Å². The molecule has 0 radical (unpaired) electrons. The van der Waals surface area contributed by atoms with Gasteiger partial charge >= 0.3 is 5.97 Å². The quantitative estimate of drug-likeness (QED) is 0.848. The molecule has 0 amide bonds. The highest BCUT2D eigenvalue weighted by atomic mass is 19.1. The lowest BCUT2D eigenvalue weighted by atomic mass is 9.64. The van der Waals surface area contributed by atoms with Crippen molar-refractivity contribution in [2.24, 2.45) is 0 Å². The van der Waals surface area contributed by atoms with Crippen molar-refractivity contribution in [1.29, 1.82) is 0 Å². The molecular formula is C12H13FO4. The summed E-state index contributed by atoms with van der Waals surface area (Å²) >= 11 is 0. The molecule has 0 aromatic heterocycles. The van der Waals surface area contributed by atoms with E-state index in [9.17, 15) is 19.4 Å². The maximum atomic E-state index is 13.3. The topological polar surface area (TPSA) is 66.8 Å². The number of hydrogen-bond acceptors (Lipinski definition) is 3. The molecule has 1 aromatic rings. The fourth-order valence-corrected chi connectivity index (χ4v) is 2.26. The van der Waals surface area contributed by atoms with Gasteiger partial charge in [0, 0.05) is 5.56 Å². The van der Waals surface area contributed by atoms with Crippen LogP contribution in [0.3, 0.4) is 0 Å². The number of hydrogen-bond donors (Lipinski definition) is 2. The maximum absolute atomic E-state index is 13.3. The van der Waals surface area contributed by atoms with Crippen molar-refractivity contribution >= 4 is 5.97 Å². The highest BCUT2D eigenvalue weighted by molar-refractivity contribution is 5.84. The van der Waals surface area contributed by atoms with Gasteiger partial charge in [0.2, 0.25) is 0 Å². The number of phenols is 1. The molecule has 0 aliphatic heterocycles. The molecule has 0 unspecified atom stereocenters. The molecule has 2 rings (SSSR count). The second-order valence-corrected chi connectivity index (χ2v) is 4.22. The highest BCUT2D eigenvalue weighted by Crippen LogP contribution is 2.49. The second kappa shape index (κ2) is 3.91. The van der Waals surface area contributed by atoms with Gasteiger partial charge in [-0.25, -0.2) is 4.39 Å². The number of rotatable bonds is 3. The highest BCUT2D eigenvalue weighted by Gasteiger charge is 2.48. The molecule has 0 heterocycles. The van der Waals surface area contributed by atoms with Gasteiger partial charge < -0.3 is 14.9 Å². The third-order valence-electron chi connectivity index (χ3n) is 3.42. The Bertz CT molecular complexity index is 466. The summed E-state index contributed by atoms with van der Waals surface area (Å²) in [6, 6.07) is 2.44. The summed E-state index contributed by atoms with van der Waals surface area (Å²) < 4.78 is 18.1. The van der Waals surface area contributed by atoms with Crippen LogP contribution < -0.4 is 4.74 Å². The van der Waals surface area contributed by atoms with E-state index in [1.165, 1.54) is 13.2 Å². The van der Waals surface area contributed by atoms with Crippen LogP contribution in [0.1, 0.15) is 24.8 Å². The van der Waals surface area contributed by atoms with Crippen molar-refractivity contribution in [2.45, 2.75) is 24.7 Å². The van der Waals surface area contributed by atoms with Gasteiger partial charge in [-0.2, -0.15) is 0 Å². The maximum Gasteiger partial charge on any atom is 0.314 e. The van der Waals surface area contributed by atoms with Gasteiger partial charge in [0.15, 0.2) is 17.3 Å². The normalized spacial score (nSPS) is 17.3. The molecule has 1 saturated carbocycles. The zero-order valence-electron chi connectivity index (χ0n) is 9.36. The Morgan fingerprint density at radius 1 is 1.47 bits per heavy atom. The molecule has 0 saturated heterocycles. The van der Waals surface area contributed by atoms with E-state index in [0.717, 1.165) is 12.5 Å². The number of benzene rings is 1. The van der Waals surface area contributed by atoms with E-state index in [-0.39, 0.29) is 11.3 Å². The summed E-state index contributed by atoms with van der Waals surface area (Å²) in [5.74, 6) is -2.40. The third kappa shape index (κ3) is 1.53. The summed E-state index contributed by atoms with van der Waals surface area (Å²) in [6.45, 7) is 0. The summed E-state index contributed by atoms with van der Waals surface area (Å²) in [5, 5.41) is 19.1. The molecule has 4 nitrogen and oxygen atoms in total. The fourth-order valence-electron chi connectivity index (χ4n) is 2.26. The lowest BCUT2D eigenvalue weighted by Crippen LogP contribution is -2.42. The van der Waals surface area contributed by atoms with Crippen LogP contribution in [0.25, 0.3) is 0 Å². The Kier molecular flexibility index (Phi) is 2.69. The van der Waals surface area contributed by atoms with Crippen LogP contribution in [-0.4, -0.2) is 23.3 Å². The van der Waals surface area contributed by atoms with E-state index >= 15 is 0 Å². The first-order valence-electron chi connectivity index (χ1n) is 5.32. The standard InChI is InChI=1S/C12H13FO4/c1-17-10-8(13)4-3-7(9(10)14)12(11(15)16)5-2-6-12/h3-4,14H,2,5-6H2,1H3,(H,15,16). The van der Waals surface area contributed by atoms with Gasteiger partial charge in [-0.3, -0.25) is 4.79 Å². The molecule has 5 heteroatoms. The van der Waals surface area contributed by atoms with Gasteiger partial charge in [0.1, 0.15) is 0 Å². The fraction of sp³-hybridized carbons (Fsp3) is 0.417. The van der Waals surface area contributed by atoms with E-state index in [1.807, 2.05) is 0 Å². The molecule has 1 aromatic carbocycles. The molecule has 92 valence electrons. The minimum atomic E-state index is -1.09. The Balaban J connectivity index is 2.56. The van der Waals surface area contributed by atoms with Crippen molar-refractivity contribution in [3.8, 4) is 11.5 Å². The predicted molar refractivity (Wildman–Crippen MR) is 57.8 cm³/mol. The molecule has 17 heavy (non-hydrogen) atoms. The van der Waals surface area contributed by atoms with Crippen molar-refractivity contribution in [2.75, 3.05) is 7.11 Å². The van der Waals surface area contributed by atoms with Gasteiger partial charge in [0.25, 0.3) is 0 Å². The van der Waals surface area contributed by atoms with Crippen LogP contribution in [-0.2, 0) is 10.2 Å². The number of methoxy groups -OCH3 is 1. The smallest absolute Gasteiger partial charge is 0.314 e. The zero-order chi connectivity index (χ0) is 12.6. The molecule has 0 spiro atoms.